The van der Waals surface area contributed by atoms with E-state index in [1.807, 2.05) is 77.3 Å². The van der Waals surface area contributed by atoms with Gasteiger partial charge in [0.05, 0.1) is 11.7 Å². The minimum Gasteiger partial charge on any atom is -0.295 e. The molecule has 0 radical (unpaired) electrons. The van der Waals surface area contributed by atoms with Crippen LogP contribution in [0.3, 0.4) is 0 Å². The number of aryl methyl sites for hydroxylation is 1. The van der Waals surface area contributed by atoms with Gasteiger partial charge in [0, 0.05) is 28.3 Å². The van der Waals surface area contributed by atoms with Gasteiger partial charge in [-0.15, -0.1) is 0 Å². The monoisotopic (exact) mass is 443 g/mol. The van der Waals surface area contributed by atoms with Gasteiger partial charge in [0.15, 0.2) is 5.69 Å². The van der Waals surface area contributed by atoms with Crippen molar-refractivity contribution in [1.29, 1.82) is 0 Å². The van der Waals surface area contributed by atoms with Gasteiger partial charge in [0.2, 0.25) is 0 Å². The van der Waals surface area contributed by atoms with Gasteiger partial charge in [-0.2, -0.15) is 5.10 Å². The molecule has 1 amide bonds. The number of anilines is 1. The summed E-state index contributed by atoms with van der Waals surface area (Å²) in [5.41, 5.74) is 5.41. The molecular weight excluding hydrogens is 426 g/mol. The molecule has 5 heteroatoms. The Labute approximate surface area is 177 Å². The highest BCUT2D eigenvalue weighted by Gasteiger charge is 2.44. The Balaban J connectivity index is 1.77. The number of carbonyl (C=O) groups excluding carboxylic acids is 1. The predicted molar refractivity (Wildman–Crippen MR) is 118 cm³/mol. The number of aromatic nitrogens is 2. The van der Waals surface area contributed by atoms with Crippen molar-refractivity contribution in [2.24, 2.45) is 7.05 Å². The van der Waals surface area contributed by atoms with Crippen LogP contribution in [0.1, 0.15) is 27.7 Å². The average Bonchev–Trinajstić information content (AvgIpc) is 3.23. The third kappa shape index (κ3) is 2.89. The molecule has 0 saturated carbocycles. The van der Waals surface area contributed by atoms with Crippen LogP contribution in [0.4, 0.5) is 5.69 Å². The first kappa shape index (κ1) is 17.9. The van der Waals surface area contributed by atoms with Crippen LogP contribution in [-0.4, -0.2) is 15.7 Å². The fraction of sp³-hybridized carbons (Fsp3) is 0.0833. The molecule has 0 spiro atoms. The maximum Gasteiger partial charge on any atom is 0.280 e. The molecule has 29 heavy (non-hydrogen) atoms. The van der Waals surface area contributed by atoms with Gasteiger partial charge < -0.3 is 0 Å². The standard InChI is InChI=1S/C24H18BrN3O/c1-27-22(16-8-4-2-5-9-16)20-21(26-27)24(29)28(19-10-6-3-7-11-19)23(20)17-12-14-18(25)15-13-17/h2-15,23H,1H3. The van der Waals surface area contributed by atoms with Crippen molar-refractivity contribution >= 4 is 27.5 Å². The van der Waals surface area contributed by atoms with Gasteiger partial charge in [-0.05, 0) is 29.8 Å². The molecule has 142 valence electrons. The minimum absolute atomic E-state index is 0.0723. The van der Waals surface area contributed by atoms with Crippen molar-refractivity contribution < 1.29 is 4.79 Å². The van der Waals surface area contributed by atoms with Crippen LogP contribution >= 0.6 is 15.9 Å². The van der Waals surface area contributed by atoms with E-state index in [4.69, 9.17) is 0 Å². The predicted octanol–water partition coefficient (Wildman–Crippen LogP) is 5.60. The topological polar surface area (TPSA) is 38.1 Å². The Morgan fingerprint density at radius 3 is 2.14 bits per heavy atom. The van der Waals surface area contributed by atoms with E-state index in [9.17, 15) is 4.79 Å². The molecule has 3 aromatic carbocycles. The molecule has 1 atom stereocenters. The molecule has 1 aliphatic rings. The number of carbonyl (C=O) groups is 1. The number of rotatable bonds is 3. The van der Waals surface area contributed by atoms with Crippen molar-refractivity contribution in [2.75, 3.05) is 4.90 Å². The molecule has 5 rings (SSSR count). The molecular formula is C24H18BrN3O. The molecule has 2 heterocycles. The average molecular weight is 444 g/mol. The normalized spacial score (nSPS) is 15.6. The fourth-order valence-corrected chi connectivity index (χ4v) is 4.34. The van der Waals surface area contributed by atoms with Crippen molar-refractivity contribution in [3.63, 3.8) is 0 Å². The van der Waals surface area contributed by atoms with E-state index in [0.717, 1.165) is 32.5 Å². The number of nitrogens with zero attached hydrogens (tertiary/aromatic N) is 3. The van der Waals surface area contributed by atoms with Crippen LogP contribution in [0.15, 0.2) is 89.4 Å². The van der Waals surface area contributed by atoms with Crippen LogP contribution in [0.5, 0.6) is 0 Å². The Morgan fingerprint density at radius 1 is 0.862 bits per heavy atom. The quantitative estimate of drug-likeness (QED) is 0.413. The maximum absolute atomic E-state index is 13.5. The van der Waals surface area contributed by atoms with Crippen LogP contribution in [0.2, 0.25) is 0 Å². The highest BCUT2D eigenvalue weighted by atomic mass is 79.9. The Kier molecular flexibility index (Phi) is 4.32. The van der Waals surface area contributed by atoms with Crippen molar-refractivity contribution in [2.45, 2.75) is 6.04 Å². The van der Waals surface area contributed by atoms with E-state index in [2.05, 4.69) is 45.3 Å². The summed E-state index contributed by atoms with van der Waals surface area (Å²) in [6.07, 6.45) is 0. The second-order valence-corrected chi connectivity index (χ2v) is 7.98. The van der Waals surface area contributed by atoms with Crippen LogP contribution in [-0.2, 0) is 7.05 Å². The molecule has 0 bridgehead atoms. The van der Waals surface area contributed by atoms with Crippen LogP contribution < -0.4 is 4.90 Å². The van der Waals surface area contributed by atoms with Gasteiger partial charge in [0.1, 0.15) is 0 Å². The molecule has 4 aromatic rings. The van der Waals surface area contributed by atoms with Crippen molar-refractivity contribution in [3.8, 4) is 11.3 Å². The molecule has 0 fully saturated rings. The van der Waals surface area contributed by atoms with Gasteiger partial charge >= 0.3 is 0 Å². The minimum atomic E-state index is -0.239. The van der Waals surface area contributed by atoms with Gasteiger partial charge in [-0.25, -0.2) is 0 Å². The van der Waals surface area contributed by atoms with E-state index < -0.39 is 0 Å². The highest BCUT2D eigenvalue weighted by Crippen LogP contribution is 2.45. The van der Waals surface area contributed by atoms with Gasteiger partial charge in [0.25, 0.3) is 5.91 Å². The van der Waals surface area contributed by atoms with Crippen LogP contribution in [0, 0.1) is 0 Å². The van der Waals surface area contributed by atoms with E-state index in [-0.39, 0.29) is 11.9 Å². The lowest BCUT2D eigenvalue weighted by Gasteiger charge is -2.27. The Morgan fingerprint density at radius 2 is 1.48 bits per heavy atom. The van der Waals surface area contributed by atoms with Crippen molar-refractivity contribution in [1.82, 2.24) is 9.78 Å². The number of benzene rings is 3. The molecule has 0 aliphatic carbocycles. The lowest BCUT2D eigenvalue weighted by Crippen LogP contribution is -2.29. The molecule has 4 nitrogen and oxygen atoms in total. The van der Waals surface area contributed by atoms with E-state index >= 15 is 0 Å². The summed E-state index contributed by atoms with van der Waals surface area (Å²) in [7, 11) is 1.90. The highest BCUT2D eigenvalue weighted by molar-refractivity contribution is 9.10. The van der Waals surface area contributed by atoms with Gasteiger partial charge in [-0.3, -0.25) is 14.4 Å². The first-order valence-electron chi connectivity index (χ1n) is 9.41. The lowest BCUT2D eigenvalue weighted by atomic mass is 9.96. The lowest BCUT2D eigenvalue weighted by molar-refractivity contribution is 0.0988. The molecule has 0 saturated heterocycles. The zero-order valence-electron chi connectivity index (χ0n) is 15.8. The summed E-state index contributed by atoms with van der Waals surface area (Å²) in [5, 5.41) is 4.63. The molecule has 1 aliphatic heterocycles. The third-order valence-electron chi connectivity index (χ3n) is 5.30. The number of hydrogen-bond acceptors (Lipinski definition) is 2. The van der Waals surface area contributed by atoms with E-state index in [1.165, 1.54) is 0 Å². The zero-order chi connectivity index (χ0) is 20.0. The van der Waals surface area contributed by atoms with Gasteiger partial charge in [-0.1, -0.05) is 76.6 Å². The summed E-state index contributed by atoms with van der Waals surface area (Å²) in [6, 6.07) is 27.9. The van der Waals surface area contributed by atoms with Crippen LogP contribution in [0.25, 0.3) is 11.3 Å². The number of halogens is 1. The summed E-state index contributed by atoms with van der Waals surface area (Å²) in [6.45, 7) is 0. The summed E-state index contributed by atoms with van der Waals surface area (Å²) in [4.78, 5) is 15.3. The zero-order valence-corrected chi connectivity index (χ0v) is 17.4. The Hall–Kier alpha value is -3.18. The molecule has 1 unspecified atom stereocenters. The Bertz CT molecular complexity index is 1180. The van der Waals surface area contributed by atoms with E-state index in [0.29, 0.717) is 5.69 Å². The first-order valence-corrected chi connectivity index (χ1v) is 10.2. The third-order valence-corrected chi connectivity index (χ3v) is 5.83. The summed E-state index contributed by atoms with van der Waals surface area (Å²) < 4.78 is 2.83. The smallest absolute Gasteiger partial charge is 0.280 e. The largest absolute Gasteiger partial charge is 0.295 e. The SMILES string of the molecule is Cn1nc2c(c1-c1ccccc1)C(c1ccc(Br)cc1)N(c1ccccc1)C2=O. The van der Waals surface area contributed by atoms with Crippen molar-refractivity contribution in [3.05, 3.63) is 106 Å². The summed E-state index contributed by atoms with van der Waals surface area (Å²) >= 11 is 3.52. The number of amides is 1. The first-order chi connectivity index (χ1) is 14.1. The number of para-hydroxylation sites is 1. The number of hydrogen-bond donors (Lipinski definition) is 0. The fourth-order valence-electron chi connectivity index (χ4n) is 4.07. The number of fused-ring (bicyclic) bond motifs is 1. The second kappa shape index (κ2) is 7.01. The molecule has 0 N–H and O–H groups in total. The molecule has 1 aromatic heterocycles. The maximum atomic E-state index is 13.5. The second-order valence-electron chi connectivity index (χ2n) is 7.07. The summed E-state index contributed by atoms with van der Waals surface area (Å²) in [5.74, 6) is -0.0723. The van der Waals surface area contributed by atoms with E-state index in [1.54, 1.807) is 0 Å².